The highest BCUT2D eigenvalue weighted by Crippen LogP contribution is 2.21. The standard InChI is InChI=1S/C20H19N3O6/c1-13(2)11-28-17-6-3-14(4-7-17)20(25)29-12-19(24)22-18-8-5-16(23(26)27)9-15(18)10-21/h3-9,13H,11-12H2,1-2H3,(H,22,24). The van der Waals surface area contributed by atoms with Crippen molar-refractivity contribution < 1.29 is 24.0 Å². The number of benzene rings is 2. The van der Waals surface area contributed by atoms with Crippen LogP contribution in [-0.2, 0) is 9.53 Å². The SMILES string of the molecule is CC(C)COc1ccc(C(=O)OCC(=O)Nc2ccc([N+](=O)[O-])cc2C#N)cc1. The summed E-state index contributed by atoms with van der Waals surface area (Å²) < 4.78 is 10.5. The van der Waals surface area contributed by atoms with Crippen molar-refractivity contribution >= 4 is 23.3 Å². The van der Waals surface area contributed by atoms with E-state index in [1.165, 1.54) is 18.2 Å². The highest BCUT2D eigenvalue weighted by Gasteiger charge is 2.15. The molecule has 2 aromatic rings. The first-order valence-corrected chi connectivity index (χ1v) is 8.68. The molecule has 0 spiro atoms. The van der Waals surface area contributed by atoms with Crippen LogP contribution in [0, 0.1) is 27.4 Å². The van der Waals surface area contributed by atoms with Crippen molar-refractivity contribution in [3.8, 4) is 11.8 Å². The lowest BCUT2D eigenvalue weighted by Gasteiger charge is -2.10. The molecule has 0 heterocycles. The van der Waals surface area contributed by atoms with Gasteiger partial charge in [-0.25, -0.2) is 4.79 Å². The minimum Gasteiger partial charge on any atom is -0.493 e. The van der Waals surface area contributed by atoms with Gasteiger partial charge >= 0.3 is 5.97 Å². The van der Waals surface area contributed by atoms with Crippen molar-refractivity contribution in [1.29, 1.82) is 5.26 Å². The van der Waals surface area contributed by atoms with Crippen molar-refractivity contribution in [2.45, 2.75) is 13.8 Å². The van der Waals surface area contributed by atoms with E-state index in [1.54, 1.807) is 18.2 Å². The molecule has 9 heteroatoms. The van der Waals surface area contributed by atoms with Gasteiger partial charge in [0.25, 0.3) is 11.6 Å². The Morgan fingerprint density at radius 3 is 2.48 bits per heavy atom. The quantitative estimate of drug-likeness (QED) is 0.410. The fourth-order valence-electron chi connectivity index (χ4n) is 2.20. The number of non-ortho nitro benzene ring substituents is 1. The van der Waals surface area contributed by atoms with E-state index < -0.39 is 23.4 Å². The first kappa shape index (κ1) is 21.4. The Morgan fingerprint density at radius 1 is 1.21 bits per heavy atom. The average Bonchev–Trinajstić information content (AvgIpc) is 2.70. The first-order valence-electron chi connectivity index (χ1n) is 8.68. The van der Waals surface area contributed by atoms with Gasteiger partial charge in [0, 0.05) is 12.1 Å². The van der Waals surface area contributed by atoms with Gasteiger partial charge in [-0.2, -0.15) is 5.26 Å². The Balaban J connectivity index is 1.91. The minimum absolute atomic E-state index is 0.0733. The summed E-state index contributed by atoms with van der Waals surface area (Å²) in [6, 6.07) is 11.5. The monoisotopic (exact) mass is 397 g/mol. The number of rotatable bonds is 8. The molecule has 1 N–H and O–H groups in total. The van der Waals surface area contributed by atoms with Crippen molar-refractivity contribution in [3.05, 3.63) is 63.7 Å². The lowest BCUT2D eigenvalue weighted by Crippen LogP contribution is -2.21. The van der Waals surface area contributed by atoms with Gasteiger partial charge in [-0.1, -0.05) is 13.8 Å². The molecule has 1 amide bonds. The van der Waals surface area contributed by atoms with Crippen molar-refractivity contribution in [2.75, 3.05) is 18.5 Å². The smallest absolute Gasteiger partial charge is 0.338 e. The number of nitro groups is 1. The van der Waals surface area contributed by atoms with Gasteiger partial charge in [-0.15, -0.1) is 0 Å². The van der Waals surface area contributed by atoms with Crippen LogP contribution >= 0.6 is 0 Å². The van der Waals surface area contributed by atoms with E-state index in [9.17, 15) is 19.7 Å². The molecule has 0 aromatic heterocycles. The molecular weight excluding hydrogens is 378 g/mol. The largest absolute Gasteiger partial charge is 0.493 e. The number of nitrogens with one attached hydrogen (secondary N) is 1. The van der Waals surface area contributed by atoms with Crippen LogP contribution in [0.1, 0.15) is 29.8 Å². The summed E-state index contributed by atoms with van der Waals surface area (Å²) in [5.41, 5.74) is -0.00351. The number of ether oxygens (including phenoxy) is 2. The Kier molecular flexibility index (Phi) is 7.26. The van der Waals surface area contributed by atoms with Gasteiger partial charge in [-0.3, -0.25) is 14.9 Å². The summed E-state index contributed by atoms with van der Waals surface area (Å²) in [6.45, 7) is 4.02. The van der Waals surface area contributed by atoms with Crippen molar-refractivity contribution in [1.82, 2.24) is 0 Å². The van der Waals surface area contributed by atoms with E-state index in [1.807, 2.05) is 13.8 Å². The van der Waals surface area contributed by atoms with Crippen molar-refractivity contribution in [3.63, 3.8) is 0 Å². The fourth-order valence-corrected chi connectivity index (χ4v) is 2.20. The molecule has 0 aliphatic heterocycles. The summed E-state index contributed by atoms with van der Waals surface area (Å²) >= 11 is 0. The Morgan fingerprint density at radius 2 is 1.90 bits per heavy atom. The van der Waals surface area contributed by atoms with Crippen LogP contribution in [0.15, 0.2) is 42.5 Å². The third-order valence-corrected chi connectivity index (χ3v) is 3.62. The third-order valence-electron chi connectivity index (χ3n) is 3.62. The molecule has 2 aromatic carbocycles. The van der Waals surface area contributed by atoms with Gasteiger partial charge in [-0.05, 0) is 36.2 Å². The Labute approximate surface area is 167 Å². The normalized spacial score (nSPS) is 10.1. The summed E-state index contributed by atoms with van der Waals surface area (Å²) in [4.78, 5) is 34.1. The van der Waals surface area contributed by atoms with Gasteiger partial charge in [0.05, 0.1) is 28.3 Å². The van der Waals surface area contributed by atoms with Gasteiger partial charge < -0.3 is 14.8 Å². The van der Waals surface area contributed by atoms with E-state index in [0.29, 0.717) is 18.3 Å². The predicted octanol–water partition coefficient (Wildman–Crippen LogP) is 3.30. The molecule has 0 radical (unpaired) electrons. The molecule has 0 bridgehead atoms. The van der Waals surface area contributed by atoms with E-state index in [4.69, 9.17) is 14.7 Å². The first-order chi connectivity index (χ1) is 13.8. The molecule has 0 saturated carbocycles. The Hall–Kier alpha value is -3.93. The number of hydrogen-bond acceptors (Lipinski definition) is 7. The number of esters is 1. The van der Waals surface area contributed by atoms with Gasteiger partial charge in [0.1, 0.15) is 11.8 Å². The maximum Gasteiger partial charge on any atom is 0.338 e. The third kappa shape index (κ3) is 6.32. The van der Waals surface area contributed by atoms with Crippen molar-refractivity contribution in [2.24, 2.45) is 5.92 Å². The van der Waals surface area contributed by atoms with Crippen LogP contribution in [0.5, 0.6) is 5.75 Å². The molecular formula is C20H19N3O6. The fraction of sp³-hybridized carbons (Fsp3) is 0.250. The van der Waals surface area contributed by atoms with E-state index in [0.717, 1.165) is 12.1 Å². The molecule has 0 atom stereocenters. The maximum atomic E-state index is 12.1. The number of anilines is 1. The molecule has 0 saturated heterocycles. The number of nitrogens with zero attached hydrogens (tertiary/aromatic N) is 2. The second-order valence-electron chi connectivity index (χ2n) is 6.45. The number of amides is 1. The van der Waals surface area contributed by atoms with E-state index >= 15 is 0 Å². The van der Waals surface area contributed by atoms with Crippen LogP contribution in [0.4, 0.5) is 11.4 Å². The number of nitro benzene ring substituents is 1. The zero-order valence-corrected chi connectivity index (χ0v) is 15.9. The van der Waals surface area contributed by atoms with E-state index in [2.05, 4.69) is 5.32 Å². The van der Waals surface area contributed by atoms with Crippen LogP contribution in [0.25, 0.3) is 0 Å². The van der Waals surface area contributed by atoms with Crippen LogP contribution in [-0.4, -0.2) is 30.0 Å². The highest BCUT2D eigenvalue weighted by atomic mass is 16.6. The predicted molar refractivity (Wildman–Crippen MR) is 103 cm³/mol. The molecule has 29 heavy (non-hydrogen) atoms. The van der Waals surface area contributed by atoms with Gasteiger partial charge in [0.15, 0.2) is 6.61 Å². The summed E-state index contributed by atoms with van der Waals surface area (Å²) in [5, 5.41) is 22.2. The molecule has 0 aliphatic carbocycles. The zero-order chi connectivity index (χ0) is 21.4. The second-order valence-corrected chi connectivity index (χ2v) is 6.45. The lowest BCUT2D eigenvalue weighted by molar-refractivity contribution is -0.384. The molecule has 9 nitrogen and oxygen atoms in total. The molecule has 0 fully saturated rings. The average molecular weight is 397 g/mol. The molecule has 0 unspecified atom stereocenters. The van der Waals surface area contributed by atoms with Crippen LogP contribution in [0.3, 0.4) is 0 Å². The molecule has 2 rings (SSSR count). The number of nitriles is 1. The van der Waals surface area contributed by atoms with Gasteiger partial charge in [0.2, 0.25) is 0 Å². The van der Waals surface area contributed by atoms with Crippen LogP contribution < -0.4 is 10.1 Å². The summed E-state index contributed by atoms with van der Waals surface area (Å²) in [5.74, 6) is -0.383. The topological polar surface area (TPSA) is 132 Å². The highest BCUT2D eigenvalue weighted by molar-refractivity contribution is 5.96. The summed E-state index contributed by atoms with van der Waals surface area (Å²) in [7, 11) is 0. The zero-order valence-electron chi connectivity index (χ0n) is 15.9. The second kappa shape index (κ2) is 9.85. The number of hydrogen-bond donors (Lipinski definition) is 1. The molecule has 150 valence electrons. The minimum atomic E-state index is -0.695. The number of carbonyl (C=O) groups is 2. The maximum absolute atomic E-state index is 12.1. The van der Waals surface area contributed by atoms with E-state index in [-0.39, 0.29) is 22.5 Å². The number of carbonyl (C=O) groups excluding carboxylic acids is 2. The summed E-state index contributed by atoms with van der Waals surface area (Å²) in [6.07, 6.45) is 0. The van der Waals surface area contributed by atoms with Crippen LogP contribution in [0.2, 0.25) is 0 Å². The Bertz CT molecular complexity index is 948. The molecule has 0 aliphatic rings. The lowest BCUT2D eigenvalue weighted by atomic mass is 10.1.